The number of anilines is 2. The van der Waals surface area contributed by atoms with Crippen molar-refractivity contribution >= 4 is 11.5 Å². The maximum atomic E-state index is 6.06. The molecular weight excluding hydrogens is 216 g/mol. The third kappa shape index (κ3) is 3.12. The predicted molar refractivity (Wildman–Crippen MR) is 71.3 cm³/mol. The van der Waals surface area contributed by atoms with Crippen molar-refractivity contribution in [3.05, 3.63) is 5.69 Å². The highest BCUT2D eigenvalue weighted by Gasteiger charge is 2.23. The van der Waals surface area contributed by atoms with Gasteiger partial charge in [-0.05, 0) is 34.6 Å². The highest BCUT2D eigenvalue weighted by atomic mass is 16.5. The van der Waals surface area contributed by atoms with E-state index >= 15 is 0 Å². The van der Waals surface area contributed by atoms with E-state index in [1.807, 2.05) is 11.6 Å². The lowest BCUT2D eigenvalue weighted by atomic mass is 10.1. The fourth-order valence-corrected chi connectivity index (χ4v) is 1.78. The molecule has 0 spiro atoms. The molecule has 98 valence electrons. The van der Waals surface area contributed by atoms with Crippen molar-refractivity contribution in [2.45, 2.75) is 46.2 Å². The number of hydrogen-bond acceptors (Lipinski definition) is 4. The Balaban J connectivity index is 3.04. The van der Waals surface area contributed by atoms with Crippen molar-refractivity contribution in [1.82, 2.24) is 9.78 Å². The van der Waals surface area contributed by atoms with Gasteiger partial charge in [-0.25, -0.2) is 4.68 Å². The van der Waals surface area contributed by atoms with Crippen LogP contribution in [0.15, 0.2) is 0 Å². The van der Waals surface area contributed by atoms with Crippen LogP contribution in [0.3, 0.4) is 0 Å². The molecule has 0 bridgehead atoms. The number of rotatable bonds is 5. The van der Waals surface area contributed by atoms with Gasteiger partial charge in [0.2, 0.25) is 0 Å². The van der Waals surface area contributed by atoms with Gasteiger partial charge in [0.1, 0.15) is 5.82 Å². The Labute approximate surface area is 103 Å². The first kappa shape index (κ1) is 13.8. The minimum Gasteiger partial charge on any atom is -0.394 e. The summed E-state index contributed by atoms with van der Waals surface area (Å²) >= 11 is 0. The molecule has 0 aliphatic rings. The average Bonchev–Trinajstić information content (AvgIpc) is 2.45. The molecule has 0 saturated carbocycles. The molecule has 0 fully saturated rings. The molecular formula is C12H24N4O. The van der Waals surface area contributed by atoms with Crippen molar-refractivity contribution in [3.8, 4) is 0 Å². The Bertz CT molecular complexity index is 382. The lowest BCUT2D eigenvalue weighted by molar-refractivity contribution is 0.157. The van der Waals surface area contributed by atoms with Crippen LogP contribution in [0.2, 0.25) is 0 Å². The zero-order valence-corrected chi connectivity index (χ0v) is 11.7. The van der Waals surface area contributed by atoms with Gasteiger partial charge in [0.15, 0.2) is 0 Å². The summed E-state index contributed by atoms with van der Waals surface area (Å²) in [6.45, 7) is 10.8. The topological polar surface area (TPSA) is 65.1 Å². The van der Waals surface area contributed by atoms with E-state index in [-0.39, 0.29) is 11.6 Å². The van der Waals surface area contributed by atoms with Gasteiger partial charge in [-0.1, -0.05) is 0 Å². The average molecular weight is 240 g/mol. The van der Waals surface area contributed by atoms with Gasteiger partial charge in [-0.2, -0.15) is 5.10 Å². The smallest absolute Gasteiger partial charge is 0.148 e. The van der Waals surface area contributed by atoms with Gasteiger partial charge in [-0.15, -0.1) is 0 Å². The second-order valence-electron chi connectivity index (χ2n) is 5.33. The van der Waals surface area contributed by atoms with Gasteiger partial charge in [-0.3, -0.25) is 0 Å². The van der Waals surface area contributed by atoms with Crippen LogP contribution in [-0.2, 0) is 4.74 Å². The number of methoxy groups -OCH3 is 1. The molecule has 1 heterocycles. The molecule has 0 unspecified atom stereocenters. The predicted octanol–water partition coefficient (Wildman–Crippen LogP) is 2.19. The monoisotopic (exact) mass is 240 g/mol. The molecule has 1 aromatic heterocycles. The number of nitrogens with zero attached hydrogens (tertiary/aromatic N) is 2. The summed E-state index contributed by atoms with van der Waals surface area (Å²) in [5, 5.41) is 7.85. The molecule has 0 aliphatic carbocycles. The van der Waals surface area contributed by atoms with E-state index in [0.29, 0.717) is 12.3 Å². The van der Waals surface area contributed by atoms with Crippen LogP contribution >= 0.6 is 0 Å². The standard InChI is InChI=1S/C12H24N4O/c1-8(2)16-11(10(13)9(3)15-16)14-12(4,5)7-17-6/h8,14H,7,13H2,1-6H3. The molecule has 5 heteroatoms. The number of aromatic nitrogens is 2. The number of nitrogens with two attached hydrogens (primary N) is 1. The molecule has 1 aromatic rings. The summed E-state index contributed by atoms with van der Waals surface area (Å²) < 4.78 is 7.11. The fraction of sp³-hybridized carbons (Fsp3) is 0.750. The summed E-state index contributed by atoms with van der Waals surface area (Å²) in [5.74, 6) is 0.875. The molecule has 0 saturated heterocycles. The lowest BCUT2D eigenvalue weighted by Gasteiger charge is -2.27. The zero-order chi connectivity index (χ0) is 13.2. The van der Waals surface area contributed by atoms with Gasteiger partial charge in [0, 0.05) is 13.2 Å². The highest BCUT2D eigenvalue weighted by molar-refractivity contribution is 5.65. The zero-order valence-electron chi connectivity index (χ0n) is 11.7. The maximum absolute atomic E-state index is 6.06. The van der Waals surface area contributed by atoms with Crippen LogP contribution in [-0.4, -0.2) is 29.0 Å². The Morgan fingerprint density at radius 2 is 2.06 bits per heavy atom. The molecule has 0 aliphatic heterocycles. The van der Waals surface area contributed by atoms with Crippen molar-refractivity contribution in [3.63, 3.8) is 0 Å². The van der Waals surface area contributed by atoms with E-state index < -0.39 is 0 Å². The van der Waals surface area contributed by atoms with Crippen LogP contribution in [0.4, 0.5) is 11.5 Å². The van der Waals surface area contributed by atoms with Crippen molar-refractivity contribution in [2.24, 2.45) is 0 Å². The second-order valence-corrected chi connectivity index (χ2v) is 5.33. The van der Waals surface area contributed by atoms with Gasteiger partial charge in [0.05, 0.1) is 23.5 Å². The molecule has 0 aromatic carbocycles. The van der Waals surface area contributed by atoms with Gasteiger partial charge >= 0.3 is 0 Å². The number of ether oxygens (including phenoxy) is 1. The third-order valence-corrected chi connectivity index (χ3v) is 2.58. The highest BCUT2D eigenvalue weighted by Crippen LogP contribution is 2.28. The normalized spacial score (nSPS) is 12.2. The van der Waals surface area contributed by atoms with Crippen molar-refractivity contribution < 1.29 is 4.74 Å². The van der Waals surface area contributed by atoms with E-state index in [1.165, 1.54) is 0 Å². The SMILES string of the molecule is COCC(C)(C)Nc1c(N)c(C)nn1C(C)C. The van der Waals surface area contributed by atoms with Gasteiger partial charge in [0.25, 0.3) is 0 Å². The fourth-order valence-electron chi connectivity index (χ4n) is 1.78. The third-order valence-electron chi connectivity index (χ3n) is 2.58. The summed E-state index contributed by atoms with van der Waals surface area (Å²) in [4.78, 5) is 0. The Morgan fingerprint density at radius 3 is 2.53 bits per heavy atom. The van der Waals surface area contributed by atoms with E-state index in [1.54, 1.807) is 7.11 Å². The van der Waals surface area contributed by atoms with Crippen LogP contribution < -0.4 is 11.1 Å². The van der Waals surface area contributed by atoms with E-state index in [0.717, 1.165) is 11.5 Å². The minimum absolute atomic E-state index is 0.179. The molecule has 1 rings (SSSR count). The van der Waals surface area contributed by atoms with E-state index in [2.05, 4.69) is 38.1 Å². The quantitative estimate of drug-likeness (QED) is 0.828. The number of nitrogens with one attached hydrogen (secondary N) is 1. The summed E-state index contributed by atoms with van der Waals surface area (Å²) in [6, 6.07) is 0.270. The van der Waals surface area contributed by atoms with Crippen LogP contribution in [0.25, 0.3) is 0 Å². The maximum Gasteiger partial charge on any atom is 0.148 e. The summed E-state index contributed by atoms with van der Waals surface area (Å²) in [5.41, 5.74) is 7.45. The largest absolute Gasteiger partial charge is 0.394 e. The first-order chi connectivity index (χ1) is 7.78. The lowest BCUT2D eigenvalue weighted by Crippen LogP contribution is -2.37. The Kier molecular flexibility index (Phi) is 4.03. The van der Waals surface area contributed by atoms with E-state index in [4.69, 9.17) is 10.5 Å². The molecule has 17 heavy (non-hydrogen) atoms. The van der Waals surface area contributed by atoms with Crippen LogP contribution in [0, 0.1) is 6.92 Å². The van der Waals surface area contributed by atoms with Crippen molar-refractivity contribution in [2.75, 3.05) is 24.8 Å². The Morgan fingerprint density at radius 1 is 1.47 bits per heavy atom. The molecule has 0 atom stereocenters. The Hall–Kier alpha value is -1.23. The number of aryl methyl sites for hydroxylation is 1. The van der Waals surface area contributed by atoms with Crippen LogP contribution in [0.5, 0.6) is 0 Å². The molecule has 5 nitrogen and oxygen atoms in total. The summed E-state index contributed by atoms with van der Waals surface area (Å²) in [6.07, 6.45) is 0. The number of hydrogen-bond donors (Lipinski definition) is 2. The number of nitrogen functional groups attached to an aromatic ring is 1. The van der Waals surface area contributed by atoms with Gasteiger partial charge < -0.3 is 15.8 Å². The van der Waals surface area contributed by atoms with Crippen molar-refractivity contribution in [1.29, 1.82) is 0 Å². The summed E-state index contributed by atoms with van der Waals surface area (Å²) in [7, 11) is 1.69. The first-order valence-electron chi connectivity index (χ1n) is 5.90. The van der Waals surface area contributed by atoms with E-state index in [9.17, 15) is 0 Å². The first-order valence-corrected chi connectivity index (χ1v) is 5.90. The molecule has 0 amide bonds. The molecule has 0 radical (unpaired) electrons. The minimum atomic E-state index is -0.179. The van der Waals surface area contributed by atoms with Crippen LogP contribution in [0.1, 0.15) is 39.4 Å². The molecule has 3 N–H and O–H groups in total. The second kappa shape index (κ2) is 4.96.